The average Bonchev–Trinajstić information content (AvgIpc) is 1.80. The predicted molar refractivity (Wildman–Crippen MR) is 50.3 cm³/mol. The van der Waals surface area contributed by atoms with Gasteiger partial charge in [-0.15, -0.1) is 0 Å². The van der Waals surface area contributed by atoms with Crippen LogP contribution in [0.3, 0.4) is 0 Å². The molecule has 13 heavy (non-hydrogen) atoms. The first-order chi connectivity index (χ1) is 5.72. The third-order valence-electron chi connectivity index (χ3n) is 3.01. The van der Waals surface area contributed by atoms with Gasteiger partial charge in [-0.1, -0.05) is 0 Å². The Morgan fingerprint density at radius 2 is 1.92 bits per heavy atom. The van der Waals surface area contributed by atoms with Crippen molar-refractivity contribution in [2.75, 3.05) is 0 Å². The number of rotatable bonds is 1. The lowest BCUT2D eigenvalue weighted by atomic mass is 9.71. The second-order valence-corrected chi connectivity index (χ2v) is 5.07. The van der Waals surface area contributed by atoms with Gasteiger partial charge in [-0.25, -0.2) is 0 Å². The number of aliphatic hydroxyl groups is 3. The molecule has 0 aromatic rings. The maximum absolute atomic E-state index is 9.74. The first-order valence-electron chi connectivity index (χ1n) is 4.85. The summed E-state index contributed by atoms with van der Waals surface area (Å²) in [5, 5.41) is 29.1. The third kappa shape index (κ3) is 2.66. The molecule has 78 valence electrons. The van der Waals surface area contributed by atoms with Gasteiger partial charge in [0.25, 0.3) is 0 Å². The molecular formula is C10H20O3. The second kappa shape index (κ2) is 3.23. The van der Waals surface area contributed by atoms with Crippen molar-refractivity contribution in [3.8, 4) is 0 Å². The molecule has 0 unspecified atom stereocenters. The fourth-order valence-electron chi connectivity index (χ4n) is 2.18. The number of hydrogen-bond donors (Lipinski definition) is 3. The van der Waals surface area contributed by atoms with Gasteiger partial charge < -0.3 is 15.3 Å². The van der Waals surface area contributed by atoms with E-state index in [2.05, 4.69) is 0 Å². The first-order valence-corrected chi connectivity index (χ1v) is 4.85. The summed E-state index contributed by atoms with van der Waals surface area (Å²) < 4.78 is 0. The summed E-state index contributed by atoms with van der Waals surface area (Å²) in [4.78, 5) is 0. The van der Waals surface area contributed by atoms with Gasteiger partial charge in [0.1, 0.15) is 0 Å². The first kappa shape index (κ1) is 11.0. The monoisotopic (exact) mass is 188 g/mol. The summed E-state index contributed by atoms with van der Waals surface area (Å²) in [5.74, 6) is -0.118. The molecule has 0 aromatic heterocycles. The summed E-state index contributed by atoms with van der Waals surface area (Å²) >= 11 is 0. The van der Waals surface area contributed by atoms with Crippen molar-refractivity contribution in [2.24, 2.45) is 5.92 Å². The summed E-state index contributed by atoms with van der Waals surface area (Å²) in [6.07, 6.45) is 1.10. The van der Waals surface area contributed by atoms with E-state index in [0.29, 0.717) is 19.3 Å². The highest BCUT2D eigenvalue weighted by Crippen LogP contribution is 2.37. The average molecular weight is 188 g/mol. The fourth-order valence-corrected chi connectivity index (χ4v) is 2.18. The highest BCUT2D eigenvalue weighted by Gasteiger charge is 2.41. The van der Waals surface area contributed by atoms with E-state index >= 15 is 0 Å². The second-order valence-electron chi connectivity index (χ2n) is 5.07. The minimum atomic E-state index is -0.851. The van der Waals surface area contributed by atoms with Crippen LogP contribution in [0.1, 0.15) is 40.0 Å². The van der Waals surface area contributed by atoms with E-state index in [1.807, 2.05) is 0 Å². The molecule has 0 spiro atoms. The molecule has 0 aromatic carbocycles. The van der Waals surface area contributed by atoms with Crippen LogP contribution in [0.4, 0.5) is 0 Å². The molecule has 1 fully saturated rings. The van der Waals surface area contributed by atoms with E-state index in [0.717, 1.165) is 0 Å². The Labute approximate surface area is 79.4 Å². The van der Waals surface area contributed by atoms with Gasteiger partial charge in [-0.05, 0) is 33.6 Å². The van der Waals surface area contributed by atoms with Gasteiger partial charge in [-0.2, -0.15) is 0 Å². The van der Waals surface area contributed by atoms with Crippen molar-refractivity contribution in [1.29, 1.82) is 0 Å². The molecule has 0 aliphatic heterocycles. The van der Waals surface area contributed by atoms with E-state index < -0.39 is 17.3 Å². The molecule has 3 heteroatoms. The summed E-state index contributed by atoms with van der Waals surface area (Å²) in [6.45, 7) is 5.15. The Balaban J connectivity index is 2.64. The minimum Gasteiger partial charge on any atom is -0.393 e. The van der Waals surface area contributed by atoms with E-state index in [1.165, 1.54) is 0 Å². The molecule has 3 atom stereocenters. The highest BCUT2D eigenvalue weighted by atomic mass is 16.3. The molecule has 1 aliphatic rings. The summed E-state index contributed by atoms with van der Waals surface area (Å²) in [7, 11) is 0. The van der Waals surface area contributed by atoms with E-state index in [9.17, 15) is 15.3 Å². The van der Waals surface area contributed by atoms with Crippen LogP contribution in [-0.2, 0) is 0 Å². The van der Waals surface area contributed by atoms with Gasteiger partial charge in [0.05, 0.1) is 17.3 Å². The molecule has 1 saturated carbocycles. The van der Waals surface area contributed by atoms with Crippen molar-refractivity contribution in [1.82, 2.24) is 0 Å². The third-order valence-corrected chi connectivity index (χ3v) is 3.01. The molecule has 3 N–H and O–H groups in total. The topological polar surface area (TPSA) is 60.7 Å². The molecule has 0 bridgehead atoms. The van der Waals surface area contributed by atoms with Crippen LogP contribution in [0, 0.1) is 5.92 Å². The Bertz CT molecular complexity index is 181. The smallest absolute Gasteiger partial charge is 0.0644 e. The Morgan fingerprint density at radius 3 is 2.31 bits per heavy atom. The van der Waals surface area contributed by atoms with Crippen LogP contribution in [-0.4, -0.2) is 32.6 Å². The zero-order valence-corrected chi connectivity index (χ0v) is 8.62. The largest absolute Gasteiger partial charge is 0.393 e. The SMILES string of the molecule is CC(C)(O)[C@H]1CC[C@](C)(O)C[C@@H]1O. The van der Waals surface area contributed by atoms with Crippen molar-refractivity contribution < 1.29 is 15.3 Å². The minimum absolute atomic E-state index is 0.118. The molecule has 1 aliphatic carbocycles. The molecule has 0 radical (unpaired) electrons. The van der Waals surface area contributed by atoms with E-state index in [4.69, 9.17) is 0 Å². The highest BCUT2D eigenvalue weighted by molar-refractivity contribution is 4.93. The lowest BCUT2D eigenvalue weighted by Crippen LogP contribution is -2.47. The van der Waals surface area contributed by atoms with Gasteiger partial charge in [0.2, 0.25) is 0 Å². The van der Waals surface area contributed by atoms with Crippen molar-refractivity contribution >= 4 is 0 Å². The standard InChI is InChI=1S/C10H20O3/c1-9(2,12)7-4-5-10(3,13)6-8(7)11/h7-8,11-13H,4-6H2,1-3H3/t7-,8-,10-/m0/s1. The Hall–Kier alpha value is -0.120. The van der Waals surface area contributed by atoms with Crippen molar-refractivity contribution in [3.05, 3.63) is 0 Å². The van der Waals surface area contributed by atoms with Crippen LogP contribution < -0.4 is 0 Å². The normalized spacial score (nSPS) is 42.0. The van der Waals surface area contributed by atoms with Crippen LogP contribution in [0.5, 0.6) is 0 Å². The van der Waals surface area contributed by atoms with Crippen LogP contribution in [0.2, 0.25) is 0 Å². The summed E-state index contributed by atoms with van der Waals surface area (Å²) in [6, 6.07) is 0. The van der Waals surface area contributed by atoms with Gasteiger partial charge in [0.15, 0.2) is 0 Å². The predicted octanol–water partition coefficient (Wildman–Crippen LogP) is 0.669. The van der Waals surface area contributed by atoms with Crippen molar-refractivity contribution in [3.63, 3.8) is 0 Å². The quantitative estimate of drug-likeness (QED) is 0.567. The molecule has 1 rings (SSSR count). The van der Waals surface area contributed by atoms with Crippen LogP contribution in [0.15, 0.2) is 0 Å². The Morgan fingerprint density at radius 1 is 1.38 bits per heavy atom. The van der Waals surface area contributed by atoms with Gasteiger partial charge in [0, 0.05) is 12.3 Å². The molecule has 0 heterocycles. The maximum Gasteiger partial charge on any atom is 0.0644 e. The lowest BCUT2D eigenvalue weighted by Gasteiger charge is -2.42. The Kier molecular flexibility index (Phi) is 2.72. The van der Waals surface area contributed by atoms with Gasteiger partial charge >= 0.3 is 0 Å². The fraction of sp³-hybridized carbons (Fsp3) is 1.00. The number of aliphatic hydroxyl groups excluding tert-OH is 1. The molecule has 0 saturated heterocycles. The molecular weight excluding hydrogens is 168 g/mol. The zero-order valence-electron chi connectivity index (χ0n) is 8.62. The molecule has 0 amide bonds. The van der Waals surface area contributed by atoms with Crippen molar-refractivity contribution in [2.45, 2.75) is 57.3 Å². The van der Waals surface area contributed by atoms with Gasteiger partial charge in [-0.3, -0.25) is 0 Å². The van der Waals surface area contributed by atoms with Crippen LogP contribution in [0.25, 0.3) is 0 Å². The number of hydrogen-bond acceptors (Lipinski definition) is 3. The summed E-state index contributed by atoms with van der Waals surface area (Å²) in [5.41, 5.74) is -1.61. The zero-order chi connectivity index (χ0) is 10.3. The van der Waals surface area contributed by atoms with E-state index in [-0.39, 0.29) is 5.92 Å². The molecule has 3 nitrogen and oxygen atoms in total. The maximum atomic E-state index is 9.74. The van der Waals surface area contributed by atoms with Crippen LogP contribution >= 0.6 is 0 Å². The lowest BCUT2D eigenvalue weighted by molar-refractivity contribution is -0.115. The van der Waals surface area contributed by atoms with E-state index in [1.54, 1.807) is 20.8 Å².